The lowest BCUT2D eigenvalue weighted by atomic mass is 10.2. The summed E-state index contributed by atoms with van der Waals surface area (Å²) in [6.07, 6.45) is 2.23. The van der Waals surface area contributed by atoms with Gasteiger partial charge in [-0.05, 0) is 25.8 Å². The lowest BCUT2D eigenvalue weighted by Gasteiger charge is -2.07. The van der Waals surface area contributed by atoms with Crippen molar-refractivity contribution in [3.05, 3.63) is 17.6 Å². The Morgan fingerprint density at radius 2 is 2.00 bits per heavy atom. The van der Waals surface area contributed by atoms with Gasteiger partial charge in [-0.25, -0.2) is 9.97 Å². The maximum absolute atomic E-state index is 8.98. The first-order valence-electron chi connectivity index (χ1n) is 6.46. The lowest BCUT2D eigenvalue weighted by molar-refractivity contribution is 0.280. The molecule has 0 unspecified atom stereocenters. The SMILES string of the molecule is Cc1c(C)n(CCCO)c2ncnc(NCCO)c12. The van der Waals surface area contributed by atoms with Gasteiger partial charge in [-0.1, -0.05) is 0 Å². The van der Waals surface area contributed by atoms with Crippen molar-refractivity contribution in [2.75, 3.05) is 25.1 Å². The summed E-state index contributed by atoms with van der Waals surface area (Å²) < 4.78 is 2.10. The molecule has 0 amide bonds. The topological polar surface area (TPSA) is 83.2 Å². The second kappa shape index (κ2) is 5.99. The number of rotatable bonds is 6. The molecule has 0 aromatic carbocycles. The van der Waals surface area contributed by atoms with Gasteiger partial charge in [0.05, 0.1) is 12.0 Å². The Balaban J connectivity index is 2.51. The highest BCUT2D eigenvalue weighted by Crippen LogP contribution is 2.28. The number of aliphatic hydroxyl groups excluding tert-OH is 2. The van der Waals surface area contributed by atoms with Gasteiger partial charge in [0.25, 0.3) is 0 Å². The molecule has 6 heteroatoms. The fourth-order valence-corrected chi connectivity index (χ4v) is 2.28. The molecule has 0 bridgehead atoms. The second-order valence-electron chi connectivity index (χ2n) is 4.51. The Labute approximate surface area is 112 Å². The molecule has 2 rings (SSSR count). The Hall–Kier alpha value is -1.66. The predicted octanol–water partition coefficient (Wildman–Crippen LogP) is 0.835. The summed E-state index contributed by atoms with van der Waals surface area (Å²) in [5.41, 5.74) is 3.14. The van der Waals surface area contributed by atoms with Crippen LogP contribution in [0.25, 0.3) is 11.0 Å². The molecule has 0 spiro atoms. The van der Waals surface area contributed by atoms with Gasteiger partial charge in [0.15, 0.2) is 0 Å². The molecule has 2 aromatic heterocycles. The average molecular weight is 264 g/mol. The first-order chi connectivity index (χ1) is 9.20. The standard InChI is InChI=1S/C13H20N4O2/c1-9-10(2)17(5-3-6-18)13-11(9)12(14-4-7-19)15-8-16-13/h8,18-19H,3-7H2,1-2H3,(H,14,15,16). The van der Waals surface area contributed by atoms with E-state index in [1.807, 2.05) is 13.8 Å². The highest BCUT2D eigenvalue weighted by molar-refractivity contribution is 5.91. The number of aliphatic hydroxyl groups is 2. The molecule has 0 saturated carbocycles. The van der Waals surface area contributed by atoms with Crippen LogP contribution in [0.3, 0.4) is 0 Å². The van der Waals surface area contributed by atoms with E-state index in [-0.39, 0.29) is 13.2 Å². The van der Waals surface area contributed by atoms with Crippen LogP contribution in [0.1, 0.15) is 17.7 Å². The van der Waals surface area contributed by atoms with Gasteiger partial charge in [-0.3, -0.25) is 0 Å². The van der Waals surface area contributed by atoms with E-state index in [2.05, 4.69) is 19.9 Å². The van der Waals surface area contributed by atoms with Crippen LogP contribution in [0.5, 0.6) is 0 Å². The summed E-state index contributed by atoms with van der Waals surface area (Å²) in [6.45, 7) is 5.52. The zero-order chi connectivity index (χ0) is 13.8. The first kappa shape index (κ1) is 13.8. The molecular formula is C13H20N4O2. The third-order valence-electron chi connectivity index (χ3n) is 3.35. The Bertz CT molecular complexity index is 565. The molecule has 0 radical (unpaired) electrons. The summed E-state index contributed by atoms with van der Waals surface area (Å²) in [7, 11) is 0. The molecule has 2 heterocycles. The third kappa shape index (κ3) is 2.54. The fourth-order valence-electron chi connectivity index (χ4n) is 2.28. The van der Waals surface area contributed by atoms with Gasteiger partial charge >= 0.3 is 0 Å². The number of hydrogen-bond donors (Lipinski definition) is 3. The minimum Gasteiger partial charge on any atom is -0.396 e. The molecule has 0 saturated heterocycles. The van der Waals surface area contributed by atoms with Gasteiger partial charge in [-0.2, -0.15) is 0 Å². The van der Waals surface area contributed by atoms with E-state index >= 15 is 0 Å². The number of anilines is 1. The molecular weight excluding hydrogens is 244 g/mol. The molecule has 19 heavy (non-hydrogen) atoms. The van der Waals surface area contributed by atoms with Gasteiger partial charge < -0.3 is 20.1 Å². The van der Waals surface area contributed by atoms with Crippen LogP contribution >= 0.6 is 0 Å². The highest BCUT2D eigenvalue weighted by atomic mass is 16.3. The molecule has 0 atom stereocenters. The van der Waals surface area contributed by atoms with Crippen LogP contribution in [0.2, 0.25) is 0 Å². The minimum atomic E-state index is 0.0642. The van der Waals surface area contributed by atoms with Crippen LogP contribution in [0, 0.1) is 13.8 Å². The number of hydrogen-bond acceptors (Lipinski definition) is 5. The van der Waals surface area contributed by atoms with E-state index in [1.54, 1.807) is 0 Å². The summed E-state index contributed by atoms with van der Waals surface area (Å²) in [4.78, 5) is 8.60. The summed E-state index contributed by atoms with van der Waals surface area (Å²) in [6, 6.07) is 0. The highest BCUT2D eigenvalue weighted by Gasteiger charge is 2.15. The van der Waals surface area contributed by atoms with Crippen molar-refractivity contribution in [1.29, 1.82) is 0 Å². The molecule has 6 nitrogen and oxygen atoms in total. The van der Waals surface area contributed by atoms with E-state index in [0.717, 1.165) is 34.7 Å². The first-order valence-corrected chi connectivity index (χ1v) is 6.46. The Kier molecular flexibility index (Phi) is 4.34. The Morgan fingerprint density at radius 1 is 1.21 bits per heavy atom. The molecule has 0 aliphatic heterocycles. The number of aromatic nitrogens is 3. The van der Waals surface area contributed by atoms with Crippen LogP contribution in [0.15, 0.2) is 6.33 Å². The second-order valence-corrected chi connectivity index (χ2v) is 4.51. The monoisotopic (exact) mass is 264 g/mol. The zero-order valence-electron chi connectivity index (χ0n) is 11.3. The third-order valence-corrected chi connectivity index (χ3v) is 3.35. The van der Waals surface area contributed by atoms with Crippen molar-refractivity contribution in [2.24, 2.45) is 0 Å². The van der Waals surface area contributed by atoms with Gasteiger partial charge in [0.1, 0.15) is 17.8 Å². The van der Waals surface area contributed by atoms with Crippen molar-refractivity contribution >= 4 is 16.9 Å². The van der Waals surface area contributed by atoms with Crippen molar-refractivity contribution < 1.29 is 10.2 Å². The number of fused-ring (bicyclic) bond motifs is 1. The number of nitrogens with zero attached hydrogens (tertiary/aromatic N) is 3. The van der Waals surface area contributed by atoms with E-state index < -0.39 is 0 Å². The van der Waals surface area contributed by atoms with E-state index in [1.165, 1.54) is 6.33 Å². The van der Waals surface area contributed by atoms with E-state index in [4.69, 9.17) is 10.2 Å². The molecule has 0 aliphatic rings. The molecule has 0 fully saturated rings. The molecule has 3 N–H and O–H groups in total. The zero-order valence-corrected chi connectivity index (χ0v) is 11.3. The van der Waals surface area contributed by atoms with Crippen molar-refractivity contribution in [2.45, 2.75) is 26.8 Å². The minimum absolute atomic E-state index is 0.0642. The van der Waals surface area contributed by atoms with Crippen LogP contribution < -0.4 is 5.32 Å². The van der Waals surface area contributed by atoms with Gasteiger partial charge in [-0.15, -0.1) is 0 Å². The van der Waals surface area contributed by atoms with E-state index in [9.17, 15) is 0 Å². The lowest BCUT2D eigenvalue weighted by Crippen LogP contribution is -2.08. The van der Waals surface area contributed by atoms with Crippen LogP contribution in [0.4, 0.5) is 5.82 Å². The van der Waals surface area contributed by atoms with Crippen molar-refractivity contribution in [3.8, 4) is 0 Å². The fraction of sp³-hybridized carbons (Fsp3) is 0.538. The summed E-state index contributed by atoms with van der Waals surface area (Å²) in [5, 5.41) is 22.0. The van der Waals surface area contributed by atoms with Gasteiger partial charge in [0, 0.05) is 25.4 Å². The average Bonchev–Trinajstić information content (AvgIpc) is 2.67. The van der Waals surface area contributed by atoms with E-state index in [0.29, 0.717) is 13.0 Å². The molecule has 104 valence electrons. The van der Waals surface area contributed by atoms with Gasteiger partial charge in [0.2, 0.25) is 0 Å². The predicted molar refractivity (Wildman–Crippen MR) is 74.3 cm³/mol. The smallest absolute Gasteiger partial charge is 0.145 e. The number of nitrogens with one attached hydrogen (secondary N) is 1. The maximum atomic E-state index is 8.98. The molecule has 0 aliphatic carbocycles. The largest absolute Gasteiger partial charge is 0.396 e. The van der Waals surface area contributed by atoms with Crippen molar-refractivity contribution in [3.63, 3.8) is 0 Å². The normalized spacial score (nSPS) is 11.2. The summed E-state index contributed by atoms with van der Waals surface area (Å²) in [5.74, 6) is 0.752. The van der Waals surface area contributed by atoms with Crippen LogP contribution in [-0.2, 0) is 6.54 Å². The maximum Gasteiger partial charge on any atom is 0.145 e. The quantitative estimate of drug-likeness (QED) is 0.720. The Morgan fingerprint density at radius 3 is 2.68 bits per heavy atom. The number of aryl methyl sites for hydroxylation is 2. The van der Waals surface area contributed by atoms with Crippen molar-refractivity contribution in [1.82, 2.24) is 14.5 Å². The molecule has 2 aromatic rings. The van der Waals surface area contributed by atoms with Crippen LogP contribution in [-0.4, -0.2) is 44.5 Å². The summed E-state index contributed by atoms with van der Waals surface area (Å²) >= 11 is 0.